The lowest BCUT2D eigenvalue weighted by atomic mass is 9.84. The molecule has 1 saturated carbocycles. The van der Waals surface area contributed by atoms with Gasteiger partial charge in [0.2, 0.25) is 0 Å². The van der Waals surface area contributed by atoms with Gasteiger partial charge in [-0.05, 0) is 61.8 Å². The van der Waals surface area contributed by atoms with E-state index in [1.807, 2.05) is 30.2 Å². The van der Waals surface area contributed by atoms with Crippen molar-refractivity contribution >= 4 is 5.69 Å². The van der Waals surface area contributed by atoms with E-state index in [2.05, 4.69) is 38.1 Å². The van der Waals surface area contributed by atoms with Crippen LogP contribution in [-0.4, -0.2) is 6.10 Å². The molecule has 152 valence electrons. The largest absolute Gasteiger partial charge is 0.270 e. The molecule has 0 bridgehead atoms. The molecule has 0 saturated heterocycles. The number of nitrogens with zero attached hydrogens (tertiary/aromatic N) is 1. The first kappa shape index (κ1) is 20.9. The van der Waals surface area contributed by atoms with Gasteiger partial charge in [0.25, 0.3) is 0 Å². The smallest absolute Gasteiger partial charge is 0.131 e. The molecule has 0 aromatic heterocycles. The topological polar surface area (TPSA) is 12.5 Å². The van der Waals surface area contributed by atoms with E-state index in [0.29, 0.717) is 23.6 Å². The zero-order valence-corrected chi connectivity index (χ0v) is 17.6. The summed E-state index contributed by atoms with van der Waals surface area (Å²) in [6.45, 7) is 6.65. The van der Waals surface area contributed by atoms with Gasteiger partial charge in [0.05, 0.1) is 18.3 Å². The number of benzene rings is 2. The van der Waals surface area contributed by atoms with E-state index in [1.54, 1.807) is 0 Å². The van der Waals surface area contributed by atoms with Crippen molar-refractivity contribution in [1.29, 1.82) is 0 Å². The van der Waals surface area contributed by atoms with Crippen LogP contribution in [0.5, 0.6) is 0 Å². The summed E-state index contributed by atoms with van der Waals surface area (Å²) in [5, 5.41) is 1.94. The quantitative estimate of drug-likeness (QED) is 0.455. The number of anilines is 1. The van der Waals surface area contributed by atoms with E-state index in [4.69, 9.17) is 4.84 Å². The molecular weight excluding hydrogens is 349 g/mol. The van der Waals surface area contributed by atoms with Gasteiger partial charge < -0.3 is 0 Å². The molecule has 2 nitrogen and oxygen atoms in total. The molecule has 3 rings (SSSR count). The van der Waals surface area contributed by atoms with E-state index < -0.39 is 0 Å². The van der Waals surface area contributed by atoms with Gasteiger partial charge in [-0.3, -0.25) is 4.84 Å². The van der Waals surface area contributed by atoms with Crippen molar-refractivity contribution in [2.75, 3.05) is 5.06 Å². The summed E-state index contributed by atoms with van der Waals surface area (Å²) < 4.78 is 14.7. The maximum absolute atomic E-state index is 14.7. The average molecular weight is 384 g/mol. The third-order valence-corrected chi connectivity index (χ3v) is 5.95. The maximum atomic E-state index is 14.7. The SMILES string of the molecule is CCCC1CCCCC1ON(Cc1cccc(C)c1F)c1cccc(CC)c1. The first-order valence-electron chi connectivity index (χ1n) is 10.9. The van der Waals surface area contributed by atoms with Gasteiger partial charge in [-0.1, -0.05) is 63.4 Å². The van der Waals surface area contributed by atoms with E-state index in [1.165, 1.54) is 37.7 Å². The Kier molecular flexibility index (Phi) is 7.50. The molecule has 2 unspecified atom stereocenters. The molecule has 1 fully saturated rings. The number of hydroxylamine groups is 1. The Morgan fingerprint density at radius 2 is 1.86 bits per heavy atom. The highest BCUT2D eigenvalue weighted by molar-refractivity contribution is 5.47. The van der Waals surface area contributed by atoms with Gasteiger partial charge in [0, 0.05) is 5.56 Å². The molecular formula is C25H34FNO. The second kappa shape index (κ2) is 10.1. The Balaban J connectivity index is 1.88. The molecule has 2 aromatic carbocycles. The summed E-state index contributed by atoms with van der Waals surface area (Å²) in [5.74, 6) is 0.467. The molecule has 0 spiro atoms. The van der Waals surface area contributed by atoms with E-state index in [9.17, 15) is 4.39 Å². The van der Waals surface area contributed by atoms with Crippen molar-refractivity contribution in [3.8, 4) is 0 Å². The average Bonchev–Trinajstić information content (AvgIpc) is 2.72. The zero-order valence-electron chi connectivity index (χ0n) is 17.6. The monoisotopic (exact) mass is 383 g/mol. The fraction of sp³-hybridized carbons (Fsp3) is 0.520. The minimum atomic E-state index is -0.128. The number of halogens is 1. The van der Waals surface area contributed by atoms with Gasteiger partial charge in [0.1, 0.15) is 5.82 Å². The first-order chi connectivity index (χ1) is 13.6. The Labute approximate surface area is 169 Å². The predicted molar refractivity (Wildman–Crippen MR) is 115 cm³/mol. The highest BCUT2D eigenvalue weighted by atomic mass is 19.1. The molecule has 3 heteroatoms. The first-order valence-corrected chi connectivity index (χ1v) is 10.9. The van der Waals surface area contributed by atoms with Crippen LogP contribution in [0.15, 0.2) is 42.5 Å². The van der Waals surface area contributed by atoms with Crippen molar-refractivity contribution in [2.45, 2.75) is 78.4 Å². The molecule has 1 aliphatic carbocycles. The third-order valence-electron chi connectivity index (χ3n) is 5.95. The minimum Gasteiger partial charge on any atom is -0.270 e. The van der Waals surface area contributed by atoms with Crippen LogP contribution in [0.4, 0.5) is 10.1 Å². The highest BCUT2D eigenvalue weighted by Crippen LogP contribution is 2.33. The standard InChI is InChI=1S/C25H34FNO/c1-4-10-21-13-6-7-16-24(21)28-27(23-15-9-12-20(5-2)17-23)18-22-14-8-11-19(3)25(22)26/h8-9,11-12,14-15,17,21,24H,4-7,10,13,16,18H2,1-3H3. The van der Waals surface area contributed by atoms with E-state index in [0.717, 1.165) is 18.5 Å². The van der Waals surface area contributed by atoms with Crippen LogP contribution in [0, 0.1) is 18.7 Å². The van der Waals surface area contributed by atoms with Gasteiger partial charge >= 0.3 is 0 Å². The van der Waals surface area contributed by atoms with Crippen LogP contribution in [-0.2, 0) is 17.8 Å². The van der Waals surface area contributed by atoms with Gasteiger partial charge in [-0.15, -0.1) is 0 Å². The lowest BCUT2D eigenvalue weighted by Crippen LogP contribution is -2.36. The van der Waals surface area contributed by atoms with Crippen molar-refractivity contribution in [2.24, 2.45) is 5.92 Å². The number of hydrogen-bond donors (Lipinski definition) is 0. The number of rotatable bonds is 8. The molecule has 0 heterocycles. The second-order valence-corrected chi connectivity index (χ2v) is 8.09. The fourth-order valence-electron chi connectivity index (χ4n) is 4.28. The Hall–Kier alpha value is -1.87. The van der Waals surface area contributed by atoms with Gasteiger partial charge in [-0.25, -0.2) is 9.45 Å². The Morgan fingerprint density at radius 1 is 1.07 bits per heavy atom. The van der Waals surface area contributed by atoms with Crippen LogP contribution < -0.4 is 5.06 Å². The third kappa shape index (κ3) is 5.14. The second-order valence-electron chi connectivity index (χ2n) is 8.09. The molecule has 0 aliphatic heterocycles. The molecule has 0 radical (unpaired) electrons. The molecule has 2 aromatic rings. The Morgan fingerprint density at radius 3 is 2.64 bits per heavy atom. The summed E-state index contributed by atoms with van der Waals surface area (Å²) in [4.78, 5) is 6.61. The van der Waals surface area contributed by atoms with Crippen LogP contribution in [0.25, 0.3) is 0 Å². The molecule has 28 heavy (non-hydrogen) atoms. The van der Waals surface area contributed by atoms with Gasteiger partial charge in [-0.2, -0.15) is 0 Å². The Bertz CT molecular complexity index is 758. The van der Waals surface area contributed by atoms with Crippen molar-refractivity contribution in [3.63, 3.8) is 0 Å². The lowest BCUT2D eigenvalue weighted by Gasteiger charge is -2.36. The molecule has 1 aliphatic rings. The fourth-order valence-corrected chi connectivity index (χ4v) is 4.28. The predicted octanol–water partition coefficient (Wildman–Crippen LogP) is 6.99. The summed E-state index contributed by atoms with van der Waals surface area (Å²) in [7, 11) is 0. The normalized spacial score (nSPS) is 19.6. The van der Waals surface area contributed by atoms with Crippen molar-refractivity contribution < 1.29 is 9.23 Å². The molecule has 0 N–H and O–H groups in total. The molecule has 2 atom stereocenters. The number of aryl methyl sites for hydroxylation is 2. The minimum absolute atomic E-state index is 0.128. The van der Waals surface area contributed by atoms with Crippen LogP contribution in [0.1, 0.15) is 69.1 Å². The van der Waals surface area contributed by atoms with E-state index >= 15 is 0 Å². The zero-order chi connectivity index (χ0) is 19.9. The lowest BCUT2D eigenvalue weighted by molar-refractivity contribution is -0.0313. The summed E-state index contributed by atoms with van der Waals surface area (Å²) in [6, 6.07) is 14.1. The van der Waals surface area contributed by atoms with Crippen LogP contribution in [0.3, 0.4) is 0 Å². The highest BCUT2D eigenvalue weighted by Gasteiger charge is 2.28. The van der Waals surface area contributed by atoms with Crippen molar-refractivity contribution in [3.05, 3.63) is 65.0 Å². The summed E-state index contributed by atoms with van der Waals surface area (Å²) in [6.07, 6.45) is 8.41. The summed E-state index contributed by atoms with van der Waals surface area (Å²) >= 11 is 0. The summed E-state index contributed by atoms with van der Waals surface area (Å²) in [5.41, 5.74) is 3.65. The molecule has 0 amide bonds. The van der Waals surface area contributed by atoms with Crippen molar-refractivity contribution in [1.82, 2.24) is 0 Å². The van der Waals surface area contributed by atoms with E-state index in [-0.39, 0.29) is 11.9 Å². The maximum Gasteiger partial charge on any atom is 0.131 e. The van der Waals surface area contributed by atoms with Crippen LogP contribution >= 0.6 is 0 Å². The number of hydrogen-bond acceptors (Lipinski definition) is 2. The van der Waals surface area contributed by atoms with Gasteiger partial charge in [0.15, 0.2) is 0 Å². The van der Waals surface area contributed by atoms with Crippen LogP contribution in [0.2, 0.25) is 0 Å².